The van der Waals surface area contributed by atoms with Crippen molar-refractivity contribution in [1.82, 2.24) is 20.2 Å². The number of rotatable bonds is 6. The van der Waals surface area contributed by atoms with E-state index in [1.165, 1.54) is 0 Å². The van der Waals surface area contributed by atoms with Gasteiger partial charge >= 0.3 is 0 Å². The SMILES string of the molecule is O=C(CCCC1=NNC2C(=O)N(c3ccc(Cl)cc3)C=CN12)N1CCN(c2ccccn2)CC1. The predicted octanol–water partition coefficient (Wildman–Crippen LogP) is 2.62. The van der Waals surface area contributed by atoms with Crippen LogP contribution in [0.25, 0.3) is 0 Å². The number of hydrogen-bond donors (Lipinski definition) is 1. The van der Waals surface area contributed by atoms with E-state index in [1.54, 1.807) is 41.6 Å². The van der Waals surface area contributed by atoms with Gasteiger partial charge in [0, 0.05) is 68.3 Å². The molecule has 176 valence electrons. The predicted molar refractivity (Wildman–Crippen MR) is 131 cm³/mol. The fourth-order valence-electron chi connectivity index (χ4n) is 4.38. The lowest BCUT2D eigenvalue weighted by atomic mass is 10.1. The minimum Gasteiger partial charge on any atom is -0.353 e. The molecular formula is C24H26ClN7O2. The van der Waals surface area contributed by atoms with Crippen LogP contribution < -0.4 is 15.2 Å². The van der Waals surface area contributed by atoms with Crippen LogP contribution in [0.15, 0.2) is 66.2 Å². The van der Waals surface area contributed by atoms with Crippen molar-refractivity contribution in [2.24, 2.45) is 5.10 Å². The van der Waals surface area contributed by atoms with Crippen molar-refractivity contribution < 1.29 is 9.59 Å². The first-order valence-electron chi connectivity index (χ1n) is 11.4. The number of carbonyl (C=O) groups is 2. The third-order valence-electron chi connectivity index (χ3n) is 6.24. The minimum absolute atomic E-state index is 0.120. The molecule has 9 nitrogen and oxygen atoms in total. The van der Waals surface area contributed by atoms with E-state index in [4.69, 9.17) is 11.6 Å². The Balaban J connectivity index is 1.10. The first-order chi connectivity index (χ1) is 16.6. The number of halogens is 1. The molecule has 1 aromatic heterocycles. The molecule has 0 bridgehead atoms. The van der Waals surface area contributed by atoms with Crippen LogP contribution in [-0.4, -0.2) is 64.8 Å². The zero-order valence-electron chi connectivity index (χ0n) is 18.7. The molecule has 4 heterocycles. The zero-order chi connectivity index (χ0) is 23.5. The summed E-state index contributed by atoms with van der Waals surface area (Å²) in [6.07, 6.45) is 6.53. The van der Waals surface area contributed by atoms with E-state index < -0.39 is 6.17 Å². The number of hydrazone groups is 1. The number of benzene rings is 1. The summed E-state index contributed by atoms with van der Waals surface area (Å²) in [5, 5.41) is 4.98. The lowest BCUT2D eigenvalue weighted by Crippen LogP contribution is -2.52. The molecule has 0 spiro atoms. The van der Waals surface area contributed by atoms with Crippen LogP contribution in [0.4, 0.5) is 11.5 Å². The van der Waals surface area contributed by atoms with Crippen molar-refractivity contribution in [3.63, 3.8) is 0 Å². The van der Waals surface area contributed by atoms with Gasteiger partial charge in [-0.3, -0.25) is 19.9 Å². The van der Waals surface area contributed by atoms with Crippen molar-refractivity contribution in [3.8, 4) is 0 Å². The van der Waals surface area contributed by atoms with Gasteiger partial charge in [-0.25, -0.2) is 4.98 Å². The Labute approximate surface area is 203 Å². The van der Waals surface area contributed by atoms with Gasteiger partial charge in [0.2, 0.25) is 12.1 Å². The van der Waals surface area contributed by atoms with E-state index in [1.807, 2.05) is 34.2 Å². The first-order valence-corrected chi connectivity index (χ1v) is 11.8. The molecule has 5 rings (SSSR count). The molecule has 1 atom stereocenters. The lowest BCUT2D eigenvalue weighted by molar-refractivity contribution is -0.131. The quantitative estimate of drug-likeness (QED) is 0.685. The van der Waals surface area contributed by atoms with Crippen LogP contribution in [0.3, 0.4) is 0 Å². The number of amidine groups is 1. The number of fused-ring (bicyclic) bond motifs is 1. The number of carbonyl (C=O) groups excluding carboxylic acids is 2. The monoisotopic (exact) mass is 479 g/mol. The highest BCUT2D eigenvalue weighted by Gasteiger charge is 2.37. The van der Waals surface area contributed by atoms with Gasteiger partial charge in [-0.2, -0.15) is 5.10 Å². The van der Waals surface area contributed by atoms with Crippen LogP contribution in [0, 0.1) is 0 Å². The molecule has 0 saturated carbocycles. The topological polar surface area (TPSA) is 84.4 Å². The summed E-state index contributed by atoms with van der Waals surface area (Å²) in [7, 11) is 0. The third-order valence-corrected chi connectivity index (χ3v) is 6.49. The number of anilines is 2. The second-order valence-corrected chi connectivity index (χ2v) is 8.80. The molecule has 0 radical (unpaired) electrons. The van der Waals surface area contributed by atoms with Crippen LogP contribution in [0.2, 0.25) is 5.02 Å². The molecule has 1 N–H and O–H groups in total. The molecule has 1 fully saturated rings. The molecule has 1 saturated heterocycles. The van der Waals surface area contributed by atoms with Crippen molar-refractivity contribution in [1.29, 1.82) is 0 Å². The van der Waals surface area contributed by atoms with Gasteiger partial charge in [-0.15, -0.1) is 0 Å². The summed E-state index contributed by atoms with van der Waals surface area (Å²) in [5.74, 6) is 1.75. The molecule has 3 aliphatic heterocycles. The fraction of sp³-hybridized carbons (Fsp3) is 0.333. The molecule has 2 aromatic rings. The van der Waals surface area contributed by atoms with Crippen LogP contribution >= 0.6 is 11.6 Å². The standard InChI is InChI=1S/C24H26ClN7O2/c25-18-7-9-19(10-8-18)31-16-17-32-21(27-28-23(32)24(31)34)5-3-6-22(33)30-14-12-29(13-15-30)20-4-1-2-11-26-20/h1-2,4,7-11,16-17,23,28H,3,5-6,12-15H2. The average Bonchev–Trinajstić information content (AvgIpc) is 3.29. The van der Waals surface area contributed by atoms with Crippen molar-refractivity contribution >= 4 is 40.8 Å². The van der Waals surface area contributed by atoms with Gasteiger partial charge in [0.1, 0.15) is 11.7 Å². The summed E-state index contributed by atoms with van der Waals surface area (Å²) >= 11 is 5.96. The van der Waals surface area contributed by atoms with Gasteiger partial charge in [-0.05, 0) is 42.8 Å². The fourth-order valence-corrected chi connectivity index (χ4v) is 4.50. The van der Waals surface area contributed by atoms with Crippen molar-refractivity contribution in [3.05, 3.63) is 66.1 Å². The summed E-state index contributed by atoms with van der Waals surface area (Å²) in [4.78, 5) is 37.6. The maximum Gasteiger partial charge on any atom is 0.276 e. The Bertz CT molecular complexity index is 1100. The highest BCUT2D eigenvalue weighted by Crippen LogP contribution is 2.25. The van der Waals surface area contributed by atoms with Gasteiger partial charge in [0.25, 0.3) is 5.91 Å². The molecule has 0 aliphatic carbocycles. The minimum atomic E-state index is -0.578. The normalized spacial score (nSPS) is 19.7. The number of pyridine rings is 1. The van der Waals surface area contributed by atoms with Crippen LogP contribution in [-0.2, 0) is 9.59 Å². The summed E-state index contributed by atoms with van der Waals surface area (Å²) in [5.41, 5.74) is 3.67. The number of piperazine rings is 1. The lowest BCUT2D eigenvalue weighted by Gasteiger charge is -2.35. The summed E-state index contributed by atoms with van der Waals surface area (Å²) in [6.45, 7) is 2.96. The number of aromatic nitrogens is 1. The second kappa shape index (κ2) is 9.72. The Morgan fingerprint density at radius 3 is 2.59 bits per heavy atom. The molecule has 1 aromatic carbocycles. The summed E-state index contributed by atoms with van der Waals surface area (Å²) in [6, 6.07) is 13.0. The highest BCUT2D eigenvalue weighted by atomic mass is 35.5. The Kier molecular flexibility index (Phi) is 6.35. The maximum absolute atomic E-state index is 13.0. The van der Waals surface area contributed by atoms with E-state index in [0.717, 1.165) is 30.4 Å². The van der Waals surface area contributed by atoms with Crippen LogP contribution in [0.1, 0.15) is 19.3 Å². The Morgan fingerprint density at radius 1 is 1.06 bits per heavy atom. The van der Waals surface area contributed by atoms with E-state index >= 15 is 0 Å². The smallest absolute Gasteiger partial charge is 0.276 e. The van der Waals surface area contributed by atoms with Gasteiger partial charge in [-0.1, -0.05) is 17.7 Å². The maximum atomic E-state index is 13.0. The number of amides is 2. The van der Waals surface area contributed by atoms with E-state index in [2.05, 4.69) is 20.4 Å². The van der Waals surface area contributed by atoms with E-state index in [0.29, 0.717) is 37.4 Å². The number of hydrogen-bond acceptors (Lipinski definition) is 7. The van der Waals surface area contributed by atoms with Gasteiger partial charge < -0.3 is 14.7 Å². The van der Waals surface area contributed by atoms with Crippen LogP contribution in [0.5, 0.6) is 0 Å². The molecule has 34 heavy (non-hydrogen) atoms. The molecule has 10 heteroatoms. The van der Waals surface area contributed by atoms with Crippen molar-refractivity contribution in [2.45, 2.75) is 25.4 Å². The third kappa shape index (κ3) is 4.56. The summed E-state index contributed by atoms with van der Waals surface area (Å²) < 4.78 is 0. The van der Waals surface area contributed by atoms with Gasteiger partial charge in [0.05, 0.1) is 0 Å². The molecular weight excluding hydrogens is 454 g/mol. The zero-order valence-corrected chi connectivity index (χ0v) is 19.4. The van der Waals surface area contributed by atoms with Gasteiger partial charge in [0.15, 0.2) is 0 Å². The first kappa shape index (κ1) is 22.2. The number of nitrogens with zero attached hydrogens (tertiary/aromatic N) is 6. The Hall–Kier alpha value is -3.59. The number of nitrogens with one attached hydrogen (secondary N) is 1. The highest BCUT2D eigenvalue weighted by molar-refractivity contribution is 6.30. The largest absolute Gasteiger partial charge is 0.353 e. The average molecular weight is 480 g/mol. The van der Waals surface area contributed by atoms with E-state index in [9.17, 15) is 9.59 Å². The molecule has 2 amide bonds. The van der Waals surface area contributed by atoms with Crippen molar-refractivity contribution in [2.75, 3.05) is 36.0 Å². The second-order valence-electron chi connectivity index (χ2n) is 8.36. The molecule has 1 unspecified atom stereocenters. The Morgan fingerprint density at radius 2 is 1.85 bits per heavy atom. The molecule has 3 aliphatic rings. The van der Waals surface area contributed by atoms with E-state index in [-0.39, 0.29) is 11.8 Å².